The summed E-state index contributed by atoms with van der Waals surface area (Å²) >= 11 is 3.20. The van der Waals surface area contributed by atoms with E-state index in [0.717, 1.165) is 15.8 Å². The van der Waals surface area contributed by atoms with Crippen molar-refractivity contribution >= 4 is 23.1 Å². The van der Waals surface area contributed by atoms with E-state index in [4.69, 9.17) is 5.11 Å². The smallest absolute Gasteiger partial charge is 0.209 e. The van der Waals surface area contributed by atoms with Crippen LogP contribution in [0.4, 0.5) is 0 Å². The molecule has 2 rings (SSSR count). The third-order valence-corrected chi connectivity index (χ3v) is 4.12. The summed E-state index contributed by atoms with van der Waals surface area (Å²) in [6.07, 6.45) is 0. The highest BCUT2D eigenvalue weighted by atomic mass is 32.2. The van der Waals surface area contributed by atoms with Crippen LogP contribution in [0.1, 0.15) is 9.75 Å². The number of hydrogen-bond donors (Lipinski definition) is 1. The van der Waals surface area contributed by atoms with Crippen LogP contribution in [0.15, 0.2) is 17.3 Å². The monoisotopic (exact) mass is 266 g/mol. The van der Waals surface area contributed by atoms with Crippen LogP contribution in [0, 0.1) is 11.8 Å². The maximum atomic E-state index is 8.60. The number of thiophene rings is 1. The predicted molar refractivity (Wildman–Crippen MR) is 66.6 cm³/mol. The van der Waals surface area contributed by atoms with Crippen LogP contribution in [0.2, 0.25) is 0 Å². The van der Waals surface area contributed by atoms with E-state index in [2.05, 4.69) is 27.4 Å². The van der Waals surface area contributed by atoms with Gasteiger partial charge in [-0.1, -0.05) is 23.6 Å². The van der Waals surface area contributed by atoms with E-state index in [9.17, 15) is 0 Å². The van der Waals surface area contributed by atoms with Gasteiger partial charge in [0.15, 0.2) is 0 Å². The summed E-state index contributed by atoms with van der Waals surface area (Å²) in [6, 6.07) is 3.99. The highest BCUT2D eigenvalue weighted by Gasteiger charge is 2.04. The summed E-state index contributed by atoms with van der Waals surface area (Å²) < 4.78 is 1.64. The van der Waals surface area contributed by atoms with Gasteiger partial charge in [-0.25, -0.2) is 4.68 Å². The molecule has 0 aliphatic heterocycles. The second kappa shape index (κ2) is 5.82. The molecular weight excluding hydrogens is 256 g/mol. The molecular formula is C10H10N4OS2. The molecule has 0 aromatic carbocycles. The summed E-state index contributed by atoms with van der Waals surface area (Å²) in [4.78, 5) is 2.17. The Morgan fingerprint density at radius 3 is 3.12 bits per heavy atom. The third-order valence-electron chi connectivity index (χ3n) is 1.88. The zero-order chi connectivity index (χ0) is 12.1. The molecule has 17 heavy (non-hydrogen) atoms. The molecule has 2 heterocycles. The van der Waals surface area contributed by atoms with Crippen LogP contribution >= 0.6 is 23.1 Å². The lowest BCUT2D eigenvalue weighted by Gasteiger charge is -1.95. The number of rotatable bonds is 3. The minimum Gasteiger partial charge on any atom is -0.384 e. The van der Waals surface area contributed by atoms with Crippen molar-refractivity contribution in [1.82, 2.24) is 20.2 Å². The molecule has 0 spiro atoms. The van der Waals surface area contributed by atoms with Crippen molar-refractivity contribution in [3.63, 3.8) is 0 Å². The maximum absolute atomic E-state index is 8.60. The van der Waals surface area contributed by atoms with Gasteiger partial charge in [-0.05, 0) is 22.6 Å². The van der Waals surface area contributed by atoms with Crippen molar-refractivity contribution in [2.24, 2.45) is 7.05 Å². The topological polar surface area (TPSA) is 63.8 Å². The van der Waals surface area contributed by atoms with E-state index >= 15 is 0 Å². The minimum atomic E-state index is -0.105. The molecule has 2 aromatic heterocycles. The molecule has 88 valence electrons. The molecule has 2 aromatic rings. The van der Waals surface area contributed by atoms with Gasteiger partial charge < -0.3 is 5.11 Å². The fourth-order valence-electron chi connectivity index (χ4n) is 1.13. The SMILES string of the molecule is Cn1nnnc1SCc1ccc(C#CCO)s1. The van der Waals surface area contributed by atoms with Gasteiger partial charge in [-0.2, -0.15) is 0 Å². The van der Waals surface area contributed by atoms with Crippen molar-refractivity contribution in [3.8, 4) is 11.8 Å². The fraction of sp³-hybridized carbons (Fsp3) is 0.300. The Morgan fingerprint density at radius 1 is 1.53 bits per heavy atom. The van der Waals surface area contributed by atoms with Gasteiger partial charge in [0.1, 0.15) is 6.61 Å². The first-order valence-corrected chi connectivity index (χ1v) is 6.63. The first-order valence-electron chi connectivity index (χ1n) is 4.83. The lowest BCUT2D eigenvalue weighted by atomic mass is 10.4. The standard InChI is InChI=1S/C10H10N4OS2/c1-14-10(11-12-13-14)16-7-9-5-4-8(17-9)3-2-6-15/h4-5,15H,6-7H2,1H3. The van der Waals surface area contributed by atoms with Crippen molar-refractivity contribution in [1.29, 1.82) is 0 Å². The summed E-state index contributed by atoms with van der Waals surface area (Å²) in [5, 5.41) is 20.6. The average Bonchev–Trinajstić information content (AvgIpc) is 2.93. The molecule has 0 aliphatic carbocycles. The van der Waals surface area contributed by atoms with Crippen molar-refractivity contribution in [2.75, 3.05) is 6.61 Å². The first-order chi connectivity index (χ1) is 8.29. The number of aliphatic hydroxyl groups excluding tert-OH is 1. The van der Waals surface area contributed by atoms with Crippen LogP contribution in [-0.4, -0.2) is 31.9 Å². The molecule has 0 aliphatic rings. The molecule has 0 fully saturated rings. The van der Waals surface area contributed by atoms with Crippen LogP contribution in [0.25, 0.3) is 0 Å². The van der Waals surface area contributed by atoms with Crippen LogP contribution in [0.3, 0.4) is 0 Å². The van der Waals surface area contributed by atoms with Gasteiger partial charge in [-0.15, -0.1) is 16.4 Å². The number of nitrogens with zero attached hydrogens (tertiary/aromatic N) is 4. The van der Waals surface area contributed by atoms with Gasteiger partial charge in [-0.3, -0.25) is 0 Å². The molecule has 0 atom stereocenters. The van der Waals surface area contributed by atoms with Crippen molar-refractivity contribution < 1.29 is 5.11 Å². The molecule has 0 radical (unpaired) electrons. The number of aryl methyl sites for hydroxylation is 1. The van der Waals surface area contributed by atoms with Gasteiger partial charge in [0.25, 0.3) is 0 Å². The normalized spacial score (nSPS) is 10.0. The number of aliphatic hydroxyl groups is 1. The van der Waals surface area contributed by atoms with E-state index in [1.807, 2.05) is 19.2 Å². The molecule has 0 saturated carbocycles. The molecule has 7 heteroatoms. The molecule has 0 unspecified atom stereocenters. The summed E-state index contributed by atoms with van der Waals surface area (Å²) in [7, 11) is 1.81. The number of tetrazole rings is 1. The van der Waals surface area contributed by atoms with Gasteiger partial charge in [0.05, 0.1) is 4.88 Å². The number of hydrogen-bond acceptors (Lipinski definition) is 6. The van der Waals surface area contributed by atoms with Crippen molar-refractivity contribution in [2.45, 2.75) is 10.9 Å². The van der Waals surface area contributed by atoms with Crippen LogP contribution < -0.4 is 0 Å². The Labute approximate surface area is 107 Å². The van der Waals surface area contributed by atoms with E-state index in [0.29, 0.717) is 0 Å². The maximum Gasteiger partial charge on any atom is 0.209 e. The van der Waals surface area contributed by atoms with E-state index in [1.54, 1.807) is 27.8 Å². The molecule has 1 N–H and O–H groups in total. The predicted octanol–water partition coefficient (Wildman–Crippen LogP) is 0.908. The largest absolute Gasteiger partial charge is 0.384 e. The average molecular weight is 266 g/mol. The highest BCUT2D eigenvalue weighted by molar-refractivity contribution is 7.98. The van der Waals surface area contributed by atoms with Gasteiger partial charge in [0, 0.05) is 17.7 Å². The summed E-state index contributed by atoms with van der Waals surface area (Å²) in [5.41, 5.74) is 0. The van der Waals surface area contributed by atoms with Crippen LogP contribution in [0.5, 0.6) is 0 Å². The lowest BCUT2D eigenvalue weighted by Crippen LogP contribution is -1.92. The Balaban J connectivity index is 1.96. The Morgan fingerprint density at radius 2 is 2.41 bits per heavy atom. The molecule has 0 amide bonds. The summed E-state index contributed by atoms with van der Waals surface area (Å²) in [5.74, 6) is 6.33. The van der Waals surface area contributed by atoms with E-state index in [1.165, 1.54) is 4.88 Å². The van der Waals surface area contributed by atoms with E-state index in [-0.39, 0.29) is 6.61 Å². The highest BCUT2D eigenvalue weighted by Crippen LogP contribution is 2.24. The zero-order valence-corrected chi connectivity index (χ0v) is 10.8. The van der Waals surface area contributed by atoms with Crippen molar-refractivity contribution in [3.05, 3.63) is 21.9 Å². The third kappa shape index (κ3) is 3.30. The zero-order valence-electron chi connectivity index (χ0n) is 9.12. The second-order valence-electron chi connectivity index (χ2n) is 3.10. The summed E-state index contributed by atoms with van der Waals surface area (Å²) in [6.45, 7) is -0.105. The van der Waals surface area contributed by atoms with Gasteiger partial charge >= 0.3 is 0 Å². The Kier molecular flexibility index (Phi) is 4.14. The second-order valence-corrected chi connectivity index (χ2v) is 5.21. The molecule has 5 nitrogen and oxygen atoms in total. The Bertz CT molecular complexity index is 552. The molecule has 0 bridgehead atoms. The Hall–Kier alpha value is -1.36. The first kappa shape index (κ1) is 12.1. The van der Waals surface area contributed by atoms with E-state index < -0.39 is 0 Å². The van der Waals surface area contributed by atoms with Crippen LogP contribution in [-0.2, 0) is 12.8 Å². The lowest BCUT2D eigenvalue weighted by molar-refractivity contribution is 0.350. The van der Waals surface area contributed by atoms with Gasteiger partial charge in [0.2, 0.25) is 5.16 Å². The minimum absolute atomic E-state index is 0.105. The molecule has 0 saturated heterocycles. The quantitative estimate of drug-likeness (QED) is 0.661. The number of thioether (sulfide) groups is 1. The number of aromatic nitrogens is 4. The fourth-order valence-corrected chi connectivity index (χ4v) is 2.90.